The monoisotopic (exact) mass is 388 g/mol. The molecule has 0 saturated carbocycles. The Kier molecular flexibility index (Phi) is 7.67. The first-order chi connectivity index (χ1) is 13.0. The Labute approximate surface area is 165 Å². The highest BCUT2D eigenvalue weighted by Crippen LogP contribution is 2.17. The molecule has 6 heteroatoms. The van der Waals surface area contributed by atoms with Crippen LogP contribution in [0.15, 0.2) is 48.5 Å². The van der Waals surface area contributed by atoms with Gasteiger partial charge in [0.15, 0.2) is 0 Å². The highest BCUT2D eigenvalue weighted by molar-refractivity contribution is 6.31. The summed E-state index contributed by atoms with van der Waals surface area (Å²) in [5.41, 5.74) is 1.77. The maximum Gasteiger partial charge on any atom is 0.242 e. The molecule has 0 aliphatic carbocycles. The summed E-state index contributed by atoms with van der Waals surface area (Å²) in [6.07, 6.45) is 0.332. The number of carbonyl (C=O) groups is 2. The minimum atomic E-state index is -0.595. The topological polar surface area (TPSA) is 58.6 Å². The third kappa shape index (κ3) is 5.73. The Morgan fingerprint density at radius 3 is 2.41 bits per heavy atom. The standard InChI is InChI=1S/C21H25ClN2O3/c1-4-20(25)24(14-16-9-11-18(27-3)12-10-16)15(2)21(26)23-13-17-7-5-6-8-19(17)22/h5-12,15H,4,13-14H2,1-3H3,(H,23,26)/t15-/m1/s1. The van der Waals surface area contributed by atoms with E-state index in [4.69, 9.17) is 16.3 Å². The zero-order valence-corrected chi connectivity index (χ0v) is 16.6. The predicted octanol–water partition coefficient (Wildman–Crippen LogP) is 3.79. The first-order valence-electron chi connectivity index (χ1n) is 8.89. The summed E-state index contributed by atoms with van der Waals surface area (Å²) in [4.78, 5) is 26.6. The smallest absolute Gasteiger partial charge is 0.242 e. The van der Waals surface area contributed by atoms with Crippen LogP contribution in [0.5, 0.6) is 5.75 Å². The number of hydrogen-bond acceptors (Lipinski definition) is 3. The van der Waals surface area contributed by atoms with Crippen molar-refractivity contribution >= 4 is 23.4 Å². The molecule has 1 N–H and O–H groups in total. The van der Waals surface area contributed by atoms with E-state index in [9.17, 15) is 9.59 Å². The van der Waals surface area contributed by atoms with Gasteiger partial charge in [0, 0.05) is 24.5 Å². The normalized spacial score (nSPS) is 11.6. The first-order valence-corrected chi connectivity index (χ1v) is 9.27. The Morgan fingerprint density at radius 1 is 1.15 bits per heavy atom. The zero-order chi connectivity index (χ0) is 19.8. The average molecular weight is 389 g/mol. The van der Waals surface area contributed by atoms with Crippen molar-refractivity contribution in [3.63, 3.8) is 0 Å². The number of nitrogens with zero attached hydrogens (tertiary/aromatic N) is 1. The Morgan fingerprint density at radius 2 is 1.81 bits per heavy atom. The van der Waals surface area contributed by atoms with Gasteiger partial charge in [0.05, 0.1) is 7.11 Å². The van der Waals surface area contributed by atoms with Crippen LogP contribution in [0, 0.1) is 0 Å². The van der Waals surface area contributed by atoms with Crippen LogP contribution in [0.1, 0.15) is 31.4 Å². The van der Waals surface area contributed by atoms with Crippen molar-refractivity contribution in [2.24, 2.45) is 0 Å². The molecule has 0 unspecified atom stereocenters. The van der Waals surface area contributed by atoms with Crippen molar-refractivity contribution in [3.05, 3.63) is 64.7 Å². The maximum atomic E-state index is 12.6. The number of halogens is 1. The fourth-order valence-corrected chi connectivity index (χ4v) is 2.89. The lowest BCUT2D eigenvalue weighted by Gasteiger charge is -2.28. The van der Waals surface area contributed by atoms with Crippen LogP contribution in [-0.2, 0) is 22.7 Å². The Bertz CT molecular complexity index is 777. The number of nitrogens with one attached hydrogen (secondary N) is 1. The number of hydrogen-bond donors (Lipinski definition) is 1. The molecule has 0 heterocycles. The molecule has 0 radical (unpaired) electrons. The van der Waals surface area contributed by atoms with Crippen molar-refractivity contribution in [1.29, 1.82) is 0 Å². The second kappa shape index (κ2) is 9.97. The number of benzene rings is 2. The van der Waals surface area contributed by atoms with E-state index in [0.717, 1.165) is 16.9 Å². The first kappa shape index (κ1) is 20.8. The minimum absolute atomic E-state index is 0.0776. The molecule has 0 fully saturated rings. The molecular weight excluding hydrogens is 364 g/mol. The SMILES string of the molecule is CCC(=O)N(Cc1ccc(OC)cc1)[C@H](C)C(=O)NCc1ccccc1Cl. The molecule has 2 amide bonds. The van der Waals surface area contributed by atoms with E-state index < -0.39 is 6.04 Å². The Hall–Kier alpha value is -2.53. The van der Waals surface area contributed by atoms with Crippen LogP contribution in [0.25, 0.3) is 0 Å². The van der Waals surface area contributed by atoms with Gasteiger partial charge in [-0.05, 0) is 36.2 Å². The van der Waals surface area contributed by atoms with Crippen molar-refractivity contribution in [2.75, 3.05) is 7.11 Å². The number of amides is 2. The highest BCUT2D eigenvalue weighted by atomic mass is 35.5. The van der Waals surface area contributed by atoms with Crippen LogP contribution >= 0.6 is 11.6 Å². The van der Waals surface area contributed by atoms with Crippen molar-refractivity contribution in [2.45, 2.75) is 39.4 Å². The molecule has 0 spiro atoms. The van der Waals surface area contributed by atoms with Gasteiger partial charge in [-0.15, -0.1) is 0 Å². The molecule has 27 heavy (non-hydrogen) atoms. The summed E-state index contributed by atoms with van der Waals surface area (Å²) in [6.45, 7) is 4.20. The van der Waals surface area contributed by atoms with Crippen LogP contribution in [0.2, 0.25) is 5.02 Å². The lowest BCUT2D eigenvalue weighted by Crippen LogP contribution is -2.47. The summed E-state index contributed by atoms with van der Waals surface area (Å²) in [5, 5.41) is 3.47. The van der Waals surface area contributed by atoms with Gasteiger partial charge in [0.2, 0.25) is 11.8 Å². The van der Waals surface area contributed by atoms with E-state index in [1.165, 1.54) is 0 Å². The van der Waals surface area contributed by atoms with E-state index in [2.05, 4.69) is 5.32 Å². The van der Waals surface area contributed by atoms with Crippen molar-refractivity contribution in [3.8, 4) is 5.75 Å². The third-order valence-corrected chi connectivity index (χ3v) is 4.76. The molecular formula is C21H25ClN2O3. The summed E-state index contributed by atoms with van der Waals surface area (Å²) >= 11 is 6.13. The Balaban J connectivity index is 2.06. The molecule has 2 aromatic rings. The summed E-state index contributed by atoms with van der Waals surface area (Å²) < 4.78 is 5.16. The second-order valence-electron chi connectivity index (χ2n) is 6.21. The predicted molar refractivity (Wildman–Crippen MR) is 107 cm³/mol. The number of ether oxygens (including phenoxy) is 1. The van der Waals surface area contributed by atoms with E-state index in [0.29, 0.717) is 24.5 Å². The van der Waals surface area contributed by atoms with Gasteiger partial charge >= 0.3 is 0 Å². The average Bonchev–Trinajstić information content (AvgIpc) is 2.70. The summed E-state index contributed by atoms with van der Waals surface area (Å²) in [5.74, 6) is 0.453. The highest BCUT2D eigenvalue weighted by Gasteiger charge is 2.25. The molecule has 5 nitrogen and oxygen atoms in total. The van der Waals surface area contributed by atoms with Crippen molar-refractivity contribution < 1.29 is 14.3 Å². The van der Waals surface area contributed by atoms with E-state index in [1.54, 1.807) is 31.9 Å². The van der Waals surface area contributed by atoms with Crippen molar-refractivity contribution in [1.82, 2.24) is 10.2 Å². The van der Waals surface area contributed by atoms with Crippen LogP contribution < -0.4 is 10.1 Å². The third-order valence-electron chi connectivity index (χ3n) is 4.39. The van der Waals surface area contributed by atoms with Gasteiger partial charge in [-0.3, -0.25) is 9.59 Å². The molecule has 2 rings (SSSR count). The largest absolute Gasteiger partial charge is 0.497 e. The van der Waals surface area contributed by atoms with Gasteiger partial charge in [-0.25, -0.2) is 0 Å². The fraction of sp³-hybridized carbons (Fsp3) is 0.333. The summed E-state index contributed by atoms with van der Waals surface area (Å²) in [7, 11) is 1.60. The number of methoxy groups -OCH3 is 1. The van der Waals surface area contributed by atoms with Gasteiger partial charge in [0.1, 0.15) is 11.8 Å². The van der Waals surface area contributed by atoms with E-state index in [-0.39, 0.29) is 11.8 Å². The molecule has 0 aliphatic heterocycles. The lowest BCUT2D eigenvalue weighted by atomic mass is 10.1. The van der Waals surface area contributed by atoms with Crippen LogP contribution in [0.4, 0.5) is 0 Å². The van der Waals surface area contributed by atoms with Gasteiger partial charge < -0.3 is 15.0 Å². The molecule has 2 aromatic carbocycles. The van der Waals surface area contributed by atoms with Gasteiger partial charge in [0.25, 0.3) is 0 Å². The molecule has 144 valence electrons. The molecule has 1 atom stereocenters. The quantitative estimate of drug-likeness (QED) is 0.748. The number of rotatable bonds is 8. The summed E-state index contributed by atoms with van der Waals surface area (Å²) in [6, 6.07) is 14.2. The van der Waals surface area contributed by atoms with E-state index >= 15 is 0 Å². The fourth-order valence-electron chi connectivity index (χ4n) is 2.69. The van der Waals surface area contributed by atoms with E-state index in [1.807, 2.05) is 42.5 Å². The second-order valence-corrected chi connectivity index (χ2v) is 6.62. The minimum Gasteiger partial charge on any atom is -0.497 e. The lowest BCUT2D eigenvalue weighted by molar-refractivity contribution is -0.140. The van der Waals surface area contributed by atoms with Crippen LogP contribution in [0.3, 0.4) is 0 Å². The van der Waals surface area contributed by atoms with Gasteiger partial charge in [-0.1, -0.05) is 48.9 Å². The maximum absolute atomic E-state index is 12.6. The molecule has 0 bridgehead atoms. The van der Waals surface area contributed by atoms with Crippen LogP contribution in [-0.4, -0.2) is 29.9 Å². The van der Waals surface area contributed by atoms with Gasteiger partial charge in [-0.2, -0.15) is 0 Å². The number of carbonyl (C=O) groups excluding carboxylic acids is 2. The molecule has 0 aromatic heterocycles. The molecule has 0 saturated heterocycles. The molecule has 0 aliphatic rings. The zero-order valence-electron chi connectivity index (χ0n) is 15.9.